The van der Waals surface area contributed by atoms with Gasteiger partial charge >= 0.3 is 0 Å². The number of fused-ring (bicyclic) bond motifs is 2. The molecule has 1 fully saturated rings. The van der Waals surface area contributed by atoms with E-state index in [1.54, 1.807) is 0 Å². The second-order valence-corrected chi connectivity index (χ2v) is 12.1. The van der Waals surface area contributed by atoms with Gasteiger partial charge in [0.15, 0.2) is 0 Å². The predicted molar refractivity (Wildman–Crippen MR) is 179 cm³/mol. The van der Waals surface area contributed by atoms with E-state index in [4.69, 9.17) is 14.5 Å². The highest BCUT2D eigenvalue weighted by Crippen LogP contribution is 2.28. The van der Waals surface area contributed by atoms with E-state index in [-0.39, 0.29) is 23.7 Å². The number of imidazole rings is 1. The highest BCUT2D eigenvalue weighted by Gasteiger charge is 2.31. The number of aromatic nitrogens is 2. The van der Waals surface area contributed by atoms with Crippen LogP contribution in [0.5, 0.6) is 17.2 Å². The summed E-state index contributed by atoms with van der Waals surface area (Å²) in [5, 5.41) is 6.67. The maximum absolute atomic E-state index is 12.8. The smallest absolute Gasteiger partial charge is 0.286 e. The minimum absolute atomic E-state index is 0.175. The van der Waals surface area contributed by atoms with Gasteiger partial charge in [0.1, 0.15) is 29.7 Å². The van der Waals surface area contributed by atoms with Crippen molar-refractivity contribution in [3.8, 4) is 17.2 Å². The minimum atomic E-state index is -0.401. The first-order valence-corrected chi connectivity index (χ1v) is 15.5. The van der Waals surface area contributed by atoms with E-state index in [9.17, 15) is 14.4 Å². The molecule has 228 valence electrons. The number of aryl methyl sites for hydroxylation is 1. The summed E-state index contributed by atoms with van der Waals surface area (Å²) < 4.78 is 14.1. The van der Waals surface area contributed by atoms with E-state index in [1.807, 2.05) is 121 Å². The van der Waals surface area contributed by atoms with Crippen LogP contribution in [0.3, 0.4) is 0 Å². The number of ether oxygens (including phenoxy) is 2. The van der Waals surface area contributed by atoms with Crippen molar-refractivity contribution in [1.29, 1.82) is 0 Å². The van der Waals surface area contributed by atoms with Gasteiger partial charge in [0.05, 0.1) is 16.3 Å². The molecule has 1 unspecified atom stereocenters. The van der Waals surface area contributed by atoms with Crippen LogP contribution in [0, 0.1) is 0 Å². The number of benzene rings is 5. The van der Waals surface area contributed by atoms with Gasteiger partial charge in [0.2, 0.25) is 5.91 Å². The lowest BCUT2D eigenvalue weighted by atomic mass is 10.1. The van der Waals surface area contributed by atoms with Crippen molar-refractivity contribution in [3.05, 3.63) is 126 Å². The average Bonchev–Trinajstić information content (AvgIpc) is 3.56. The molecule has 46 heavy (non-hydrogen) atoms. The number of hydrogen-bond donors (Lipinski definition) is 2. The van der Waals surface area contributed by atoms with Crippen molar-refractivity contribution in [2.75, 3.05) is 5.32 Å². The number of imide groups is 1. The molecule has 10 heteroatoms. The quantitative estimate of drug-likeness (QED) is 0.174. The van der Waals surface area contributed by atoms with Crippen LogP contribution in [0.4, 0.5) is 10.5 Å². The van der Waals surface area contributed by atoms with E-state index in [0.717, 1.165) is 45.0 Å². The number of carbonyl (C=O) groups is 3. The third-order valence-electron chi connectivity index (χ3n) is 7.78. The summed E-state index contributed by atoms with van der Waals surface area (Å²) in [5.74, 6) is 2.29. The average molecular weight is 629 g/mol. The Morgan fingerprint density at radius 3 is 2.37 bits per heavy atom. The predicted octanol–water partition coefficient (Wildman–Crippen LogP) is 7.24. The Bertz CT molecular complexity index is 2110. The lowest BCUT2D eigenvalue weighted by Gasteiger charge is -2.10. The van der Waals surface area contributed by atoms with Crippen LogP contribution in [-0.4, -0.2) is 31.9 Å². The molecular formula is C36H28N4O5S. The first-order chi connectivity index (χ1) is 22.4. The second-order valence-electron chi connectivity index (χ2n) is 10.9. The van der Waals surface area contributed by atoms with E-state index in [1.165, 1.54) is 0 Å². The Morgan fingerprint density at radius 2 is 1.61 bits per heavy atom. The maximum Gasteiger partial charge on any atom is 0.286 e. The van der Waals surface area contributed by atoms with E-state index in [2.05, 4.69) is 10.6 Å². The molecule has 1 aliphatic heterocycles. The fourth-order valence-electron chi connectivity index (χ4n) is 5.30. The second kappa shape index (κ2) is 12.4. The Labute approximate surface area is 268 Å². The largest absolute Gasteiger partial charge is 0.486 e. The third kappa shape index (κ3) is 6.29. The number of nitrogens with one attached hydrogen (secondary N) is 2. The number of hydrogen-bond acceptors (Lipinski definition) is 7. The number of carbonyl (C=O) groups excluding carboxylic acids is 3. The molecule has 3 amide bonds. The monoisotopic (exact) mass is 628 g/mol. The van der Waals surface area contributed by atoms with Crippen molar-refractivity contribution >= 4 is 56.3 Å². The normalized spacial score (nSPS) is 14.4. The van der Waals surface area contributed by atoms with Crippen LogP contribution in [0.2, 0.25) is 0 Å². The van der Waals surface area contributed by atoms with Crippen LogP contribution in [0.1, 0.15) is 21.7 Å². The maximum atomic E-state index is 12.8. The topological polar surface area (TPSA) is 112 Å². The molecule has 1 atom stereocenters. The van der Waals surface area contributed by atoms with Crippen molar-refractivity contribution < 1.29 is 23.9 Å². The molecule has 5 aromatic carbocycles. The lowest BCUT2D eigenvalue weighted by molar-refractivity contribution is -0.118. The molecule has 0 spiro atoms. The van der Waals surface area contributed by atoms with E-state index < -0.39 is 5.25 Å². The van der Waals surface area contributed by atoms with Crippen LogP contribution in [-0.2, 0) is 24.9 Å². The van der Waals surface area contributed by atoms with Crippen molar-refractivity contribution in [2.24, 2.45) is 7.05 Å². The number of rotatable bonds is 9. The molecule has 2 N–H and O–H groups in total. The van der Waals surface area contributed by atoms with E-state index >= 15 is 0 Å². The fraction of sp³-hybridized carbons (Fsp3) is 0.111. The summed E-state index contributed by atoms with van der Waals surface area (Å²) in [4.78, 5) is 40.8. The van der Waals surface area contributed by atoms with Gasteiger partial charge in [0, 0.05) is 24.4 Å². The van der Waals surface area contributed by atoms with E-state index in [0.29, 0.717) is 34.9 Å². The van der Waals surface area contributed by atoms with Gasteiger partial charge in [-0.05, 0) is 83.4 Å². The van der Waals surface area contributed by atoms with Crippen LogP contribution in [0.15, 0.2) is 109 Å². The summed E-state index contributed by atoms with van der Waals surface area (Å²) in [5.41, 5.74) is 3.93. The first-order valence-electron chi connectivity index (χ1n) is 14.6. The van der Waals surface area contributed by atoms with Gasteiger partial charge < -0.3 is 19.4 Å². The molecule has 6 aromatic rings. The summed E-state index contributed by atoms with van der Waals surface area (Å²) in [6.45, 7) is 0.266. The highest BCUT2D eigenvalue weighted by atomic mass is 32.2. The van der Waals surface area contributed by atoms with Gasteiger partial charge in [-0.1, -0.05) is 54.2 Å². The third-order valence-corrected chi connectivity index (χ3v) is 8.77. The Morgan fingerprint density at radius 1 is 0.870 bits per heavy atom. The molecule has 0 radical (unpaired) electrons. The Hall–Kier alpha value is -5.61. The van der Waals surface area contributed by atoms with Crippen molar-refractivity contribution in [2.45, 2.75) is 18.3 Å². The Kier molecular flexibility index (Phi) is 7.86. The van der Waals surface area contributed by atoms with Crippen LogP contribution >= 0.6 is 11.8 Å². The number of thioether (sulfide) groups is 1. The summed E-state index contributed by atoms with van der Waals surface area (Å²) in [7, 11) is 1.93. The minimum Gasteiger partial charge on any atom is -0.486 e. The fourth-order valence-corrected chi connectivity index (χ4v) is 6.16. The zero-order valence-electron chi connectivity index (χ0n) is 24.7. The highest BCUT2D eigenvalue weighted by molar-refractivity contribution is 8.15. The van der Waals surface area contributed by atoms with Crippen molar-refractivity contribution in [3.63, 3.8) is 0 Å². The first kappa shape index (κ1) is 29.1. The molecule has 0 saturated carbocycles. The van der Waals surface area contributed by atoms with Gasteiger partial charge in [0.25, 0.3) is 11.1 Å². The molecule has 1 saturated heterocycles. The zero-order chi connectivity index (χ0) is 31.6. The van der Waals surface area contributed by atoms with Gasteiger partial charge in [-0.2, -0.15) is 0 Å². The Balaban J connectivity index is 0.962. The molecule has 2 heterocycles. The standard InChI is InChI=1S/C36H28N4O5S/c1-40-31-20-29(45-28-14-10-26(11-15-28)37-34(41)25-9-8-23-4-2-3-5-24(23)19-25)16-17-30(31)38-33(40)21-44-27-12-6-22(7-13-27)18-32-35(42)39-36(43)46-32/h2-17,19-20,32H,18,21H2,1H3,(H,37,41)(H,39,42,43). The molecule has 0 bridgehead atoms. The summed E-state index contributed by atoms with van der Waals surface area (Å²) in [6, 6.07) is 34.0. The molecular weight excluding hydrogens is 600 g/mol. The van der Waals surface area contributed by atoms with Gasteiger partial charge in [-0.3, -0.25) is 19.7 Å². The SMILES string of the molecule is Cn1c(COc2ccc(CC3SC(=O)NC3=O)cc2)nc2ccc(Oc3ccc(NC(=O)c4ccc5ccccc5c4)cc3)cc21. The summed E-state index contributed by atoms with van der Waals surface area (Å²) >= 11 is 1.02. The molecule has 1 aromatic heterocycles. The summed E-state index contributed by atoms with van der Waals surface area (Å²) in [6.07, 6.45) is 0.477. The molecule has 7 rings (SSSR count). The number of anilines is 1. The lowest BCUT2D eigenvalue weighted by Crippen LogP contribution is -2.25. The molecule has 9 nitrogen and oxygen atoms in total. The number of nitrogens with zero attached hydrogens (tertiary/aromatic N) is 2. The van der Waals surface area contributed by atoms with Gasteiger partial charge in [-0.15, -0.1) is 0 Å². The zero-order valence-corrected chi connectivity index (χ0v) is 25.5. The van der Waals surface area contributed by atoms with Crippen molar-refractivity contribution in [1.82, 2.24) is 14.9 Å². The number of amides is 3. The van der Waals surface area contributed by atoms with Crippen LogP contribution < -0.4 is 20.1 Å². The van der Waals surface area contributed by atoms with Gasteiger partial charge in [-0.25, -0.2) is 4.98 Å². The molecule has 0 aliphatic carbocycles. The van der Waals surface area contributed by atoms with Crippen LogP contribution in [0.25, 0.3) is 21.8 Å². The molecule has 1 aliphatic rings.